The fraction of sp³-hybridized carbons (Fsp3) is 0.235. The summed E-state index contributed by atoms with van der Waals surface area (Å²) in [5.41, 5.74) is 4.94. The summed E-state index contributed by atoms with van der Waals surface area (Å²) in [6, 6.07) is 13.3. The molecular formula is C17H18N2S. The normalized spacial score (nSPS) is 12.7. The van der Waals surface area contributed by atoms with E-state index in [-0.39, 0.29) is 6.04 Å². The first-order valence-corrected chi connectivity index (χ1v) is 7.79. The Labute approximate surface area is 123 Å². The van der Waals surface area contributed by atoms with Crippen LogP contribution in [0.5, 0.6) is 0 Å². The molecule has 0 aliphatic heterocycles. The first-order chi connectivity index (χ1) is 9.81. The average molecular weight is 282 g/mol. The van der Waals surface area contributed by atoms with Gasteiger partial charge in [0, 0.05) is 6.20 Å². The monoisotopic (exact) mass is 282 g/mol. The summed E-state index contributed by atoms with van der Waals surface area (Å²) >= 11 is 1.74. The summed E-state index contributed by atoms with van der Waals surface area (Å²) in [4.78, 5) is 4.54. The van der Waals surface area contributed by atoms with Crippen molar-refractivity contribution in [1.29, 1.82) is 0 Å². The maximum Gasteiger partial charge on any atom is 0.0809 e. The summed E-state index contributed by atoms with van der Waals surface area (Å²) in [5.74, 6) is 0. The van der Waals surface area contributed by atoms with Crippen LogP contribution in [0.4, 0.5) is 0 Å². The lowest BCUT2D eigenvalue weighted by molar-refractivity contribution is 0.690. The van der Waals surface area contributed by atoms with E-state index >= 15 is 0 Å². The van der Waals surface area contributed by atoms with Gasteiger partial charge >= 0.3 is 0 Å². The van der Waals surface area contributed by atoms with Crippen molar-refractivity contribution in [2.45, 2.75) is 19.4 Å². The summed E-state index contributed by atoms with van der Waals surface area (Å²) in [6.07, 6.45) is 3.05. The van der Waals surface area contributed by atoms with Crippen molar-refractivity contribution in [2.24, 2.45) is 0 Å². The highest BCUT2D eigenvalue weighted by Gasteiger charge is 2.13. The molecule has 0 saturated carbocycles. The molecule has 0 aliphatic carbocycles. The quantitative estimate of drug-likeness (QED) is 0.777. The van der Waals surface area contributed by atoms with Crippen LogP contribution in [-0.4, -0.2) is 12.0 Å². The van der Waals surface area contributed by atoms with Crippen LogP contribution in [0.1, 0.15) is 29.7 Å². The van der Waals surface area contributed by atoms with Crippen LogP contribution in [-0.2, 0) is 6.42 Å². The predicted octanol–water partition coefficient (Wildman–Crippen LogP) is 4.17. The van der Waals surface area contributed by atoms with Gasteiger partial charge in [0.05, 0.1) is 16.3 Å². The maximum absolute atomic E-state index is 4.54. The minimum atomic E-state index is 0.194. The van der Waals surface area contributed by atoms with Gasteiger partial charge in [-0.2, -0.15) is 0 Å². The SMILES string of the molecule is CCc1ccc(C(NC)c2cnc3ccsc3c2)cc1. The zero-order chi connectivity index (χ0) is 13.9. The van der Waals surface area contributed by atoms with Gasteiger partial charge in [0.1, 0.15) is 0 Å². The van der Waals surface area contributed by atoms with E-state index in [1.165, 1.54) is 21.4 Å². The van der Waals surface area contributed by atoms with Crippen LogP contribution in [0, 0.1) is 0 Å². The molecular weight excluding hydrogens is 264 g/mol. The van der Waals surface area contributed by atoms with E-state index < -0.39 is 0 Å². The van der Waals surface area contributed by atoms with E-state index in [0.717, 1.165) is 11.9 Å². The average Bonchev–Trinajstić information content (AvgIpc) is 2.96. The fourth-order valence-electron chi connectivity index (χ4n) is 2.49. The minimum absolute atomic E-state index is 0.194. The third-order valence-electron chi connectivity index (χ3n) is 3.67. The number of pyridine rings is 1. The number of nitrogens with one attached hydrogen (secondary N) is 1. The highest BCUT2D eigenvalue weighted by atomic mass is 32.1. The van der Waals surface area contributed by atoms with Crippen molar-refractivity contribution < 1.29 is 0 Å². The Balaban J connectivity index is 1.98. The van der Waals surface area contributed by atoms with Gasteiger partial charge in [0.2, 0.25) is 0 Å². The van der Waals surface area contributed by atoms with E-state index in [2.05, 4.69) is 59.0 Å². The number of benzene rings is 1. The fourth-order valence-corrected chi connectivity index (χ4v) is 3.28. The van der Waals surface area contributed by atoms with Crippen LogP contribution >= 0.6 is 11.3 Å². The van der Waals surface area contributed by atoms with Gasteiger partial charge in [-0.1, -0.05) is 31.2 Å². The lowest BCUT2D eigenvalue weighted by Crippen LogP contribution is -2.17. The molecule has 1 N–H and O–H groups in total. The lowest BCUT2D eigenvalue weighted by Gasteiger charge is -2.17. The Morgan fingerprint density at radius 3 is 2.65 bits per heavy atom. The molecule has 2 aromatic heterocycles. The first kappa shape index (κ1) is 13.3. The second-order valence-corrected chi connectivity index (χ2v) is 5.84. The summed E-state index contributed by atoms with van der Waals surface area (Å²) in [6.45, 7) is 2.18. The number of aryl methyl sites for hydroxylation is 1. The van der Waals surface area contributed by atoms with Crippen molar-refractivity contribution in [3.05, 3.63) is 64.7 Å². The topological polar surface area (TPSA) is 24.9 Å². The minimum Gasteiger partial charge on any atom is -0.309 e. The van der Waals surface area contributed by atoms with Gasteiger partial charge in [-0.3, -0.25) is 4.98 Å². The zero-order valence-corrected chi connectivity index (χ0v) is 12.6. The van der Waals surface area contributed by atoms with Gasteiger partial charge in [0.25, 0.3) is 0 Å². The largest absolute Gasteiger partial charge is 0.309 e. The molecule has 0 fully saturated rings. The van der Waals surface area contributed by atoms with Crippen LogP contribution in [0.2, 0.25) is 0 Å². The number of fused-ring (bicyclic) bond motifs is 1. The Hall–Kier alpha value is -1.71. The van der Waals surface area contributed by atoms with Crippen LogP contribution in [0.15, 0.2) is 48.0 Å². The number of thiophene rings is 1. The molecule has 3 heteroatoms. The number of hydrogen-bond acceptors (Lipinski definition) is 3. The Morgan fingerprint density at radius 2 is 1.95 bits per heavy atom. The van der Waals surface area contributed by atoms with Crippen molar-refractivity contribution in [3.8, 4) is 0 Å². The molecule has 0 amide bonds. The van der Waals surface area contributed by atoms with E-state index in [1.54, 1.807) is 11.3 Å². The van der Waals surface area contributed by atoms with Gasteiger partial charge in [0.15, 0.2) is 0 Å². The second kappa shape index (κ2) is 5.73. The highest BCUT2D eigenvalue weighted by molar-refractivity contribution is 7.17. The van der Waals surface area contributed by atoms with Crippen molar-refractivity contribution in [2.75, 3.05) is 7.05 Å². The Bertz CT molecular complexity index is 700. The van der Waals surface area contributed by atoms with Crippen LogP contribution in [0.3, 0.4) is 0 Å². The molecule has 1 aromatic carbocycles. The Morgan fingerprint density at radius 1 is 1.15 bits per heavy atom. The lowest BCUT2D eigenvalue weighted by atomic mass is 9.98. The number of nitrogens with zero attached hydrogens (tertiary/aromatic N) is 1. The molecule has 0 aliphatic rings. The van der Waals surface area contributed by atoms with Gasteiger partial charge in [-0.15, -0.1) is 11.3 Å². The molecule has 0 saturated heterocycles. The number of aromatic nitrogens is 1. The van der Waals surface area contributed by atoms with E-state index in [0.29, 0.717) is 0 Å². The Kier molecular flexibility index (Phi) is 3.81. The summed E-state index contributed by atoms with van der Waals surface area (Å²) < 4.78 is 1.24. The second-order valence-electron chi connectivity index (χ2n) is 4.89. The van der Waals surface area contributed by atoms with E-state index in [9.17, 15) is 0 Å². The molecule has 3 aromatic rings. The van der Waals surface area contributed by atoms with Crippen molar-refractivity contribution in [3.63, 3.8) is 0 Å². The van der Waals surface area contributed by atoms with Crippen molar-refractivity contribution in [1.82, 2.24) is 10.3 Å². The first-order valence-electron chi connectivity index (χ1n) is 6.91. The van der Waals surface area contributed by atoms with E-state index in [1.807, 2.05) is 13.2 Å². The molecule has 0 spiro atoms. The predicted molar refractivity (Wildman–Crippen MR) is 86.3 cm³/mol. The summed E-state index contributed by atoms with van der Waals surface area (Å²) in [5, 5.41) is 5.48. The zero-order valence-electron chi connectivity index (χ0n) is 11.8. The molecule has 102 valence electrons. The number of rotatable bonds is 4. The molecule has 1 unspecified atom stereocenters. The standard InChI is InChI=1S/C17H18N2S/c1-3-12-4-6-13(7-5-12)17(18-2)14-10-16-15(19-11-14)8-9-20-16/h4-11,17-18H,3H2,1-2H3. The molecule has 2 heterocycles. The van der Waals surface area contributed by atoms with Crippen molar-refractivity contribution >= 4 is 21.6 Å². The van der Waals surface area contributed by atoms with E-state index in [4.69, 9.17) is 0 Å². The number of hydrogen-bond donors (Lipinski definition) is 1. The molecule has 0 bridgehead atoms. The molecule has 20 heavy (non-hydrogen) atoms. The molecule has 1 atom stereocenters. The molecule has 0 radical (unpaired) electrons. The van der Waals surface area contributed by atoms with Gasteiger partial charge in [-0.25, -0.2) is 0 Å². The maximum atomic E-state index is 4.54. The third kappa shape index (κ3) is 2.47. The van der Waals surface area contributed by atoms with Gasteiger partial charge in [-0.05, 0) is 47.7 Å². The summed E-state index contributed by atoms with van der Waals surface area (Å²) in [7, 11) is 2.00. The molecule has 2 nitrogen and oxygen atoms in total. The molecule has 3 rings (SSSR count). The van der Waals surface area contributed by atoms with Crippen LogP contribution < -0.4 is 5.32 Å². The third-order valence-corrected chi connectivity index (χ3v) is 4.52. The van der Waals surface area contributed by atoms with Gasteiger partial charge < -0.3 is 5.32 Å². The van der Waals surface area contributed by atoms with Crippen LogP contribution in [0.25, 0.3) is 10.2 Å². The highest BCUT2D eigenvalue weighted by Crippen LogP contribution is 2.26. The smallest absolute Gasteiger partial charge is 0.0809 e.